The lowest BCUT2D eigenvalue weighted by Crippen LogP contribution is -2.44. The number of piperidine rings is 1. The molecule has 4 heteroatoms. The molecule has 1 aromatic carbocycles. The normalized spacial score (nSPS) is 18.8. The molecule has 2 rings (SSSR count). The first-order valence-corrected chi connectivity index (χ1v) is 6.83. The van der Waals surface area contributed by atoms with Gasteiger partial charge in [0.25, 0.3) is 0 Å². The second-order valence-corrected chi connectivity index (χ2v) is 5.25. The molecule has 0 aromatic heterocycles. The van der Waals surface area contributed by atoms with E-state index in [1.807, 2.05) is 38.1 Å². The van der Waals surface area contributed by atoms with Crippen molar-refractivity contribution in [1.29, 1.82) is 5.26 Å². The third-order valence-corrected chi connectivity index (χ3v) is 3.88. The van der Waals surface area contributed by atoms with Gasteiger partial charge in [0.2, 0.25) is 5.91 Å². The van der Waals surface area contributed by atoms with Crippen LogP contribution >= 0.6 is 0 Å². The maximum Gasteiger partial charge on any atom is 0.237 e. The zero-order chi connectivity index (χ0) is 14.7. The van der Waals surface area contributed by atoms with Crippen molar-refractivity contribution in [1.82, 2.24) is 0 Å². The van der Waals surface area contributed by atoms with Crippen LogP contribution in [-0.4, -0.2) is 18.2 Å². The van der Waals surface area contributed by atoms with E-state index < -0.39 is 5.92 Å². The Morgan fingerprint density at radius 2 is 2.15 bits per heavy atom. The van der Waals surface area contributed by atoms with Gasteiger partial charge in [-0.3, -0.25) is 9.59 Å². The van der Waals surface area contributed by atoms with Crippen molar-refractivity contribution < 1.29 is 9.59 Å². The average Bonchev–Trinajstić information content (AvgIpc) is 2.42. The summed E-state index contributed by atoms with van der Waals surface area (Å²) >= 11 is 0. The van der Waals surface area contributed by atoms with Crippen molar-refractivity contribution in [2.45, 2.75) is 33.1 Å². The Morgan fingerprint density at radius 1 is 1.40 bits per heavy atom. The number of carbonyl (C=O) groups is 2. The third kappa shape index (κ3) is 2.72. The number of benzene rings is 1. The van der Waals surface area contributed by atoms with Gasteiger partial charge in [0.15, 0.2) is 5.78 Å². The smallest absolute Gasteiger partial charge is 0.237 e. The summed E-state index contributed by atoms with van der Waals surface area (Å²) < 4.78 is 0. The second-order valence-electron chi connectivity index (χ2n) is 5.25. The molecule has 0 bridgehead atoms. The molecule has 20 heavy (non-hydrogen) atoms. The van der Waals surface area contributed by atoms with Crippen LogP contribution in [0.4, 0.5) is 5.69 Å². The minimum atomic E-state index is -0.648. The number of rotatable bonds is 3. The summed E-state index contributed by atoms with van der Waals surface area (Å²) in [5, 5.41) is 8.61. The topological polar surface area (TPSA) is 61.2 Å². The Bertz CT molecular complexity index is 587. The molecule has 0 saturated carbocycles. The molecule has 4 nitrogen and oxygen atoms in total. The summed E-state index contributed by atoms with van der Waals surface area (Å²) in [5.41, 5.74) is 3.14. The highest BCUT2D eigenvalue weighted by Crippen LogP contribution is 2.27. The predicted octanol–water partition coefficient (Wildman–Crippen LogP) is 2.53. The molecule has 1 aliphatic rings. The van der Waals surface area contributed by atoms with Crippen LogP contribution in [0.5, 0.6) is 0 Å². The summed E-state index contributed by atoms with van der Waals surface area (Å²) in [6.45, 7) is 4.67. The Hall–Kier alpha value is -2.15. The van der Waals surface area contributed by atoms with Crippen LogP contribution in [0, 0.1) is 31.1 Å². The summed E-state index contributed by atoms with van der Waals surface area (Å²) in [6.07, 6.45) is 1.17. The van der Waals surface area contributed by atoms with Crippen LogP contribution in [0.3, 0.4) is 0 Å². The fourth-order valence-electron chi connectivity index (χ4n) is 2.52. The van der Waals surface area contributed by atoms with Gasteiger partial charge in [0.05, 0.1) is 18.4 Å². The van der Waals surface area contributed by atoms with E-state index in [0.29, 0.717) is 13.0 Å². The van der Waals surface area contributed by atoms with Crippen molar-refractivity contribution in [3.63, 3.8) is 0 Å². The number of ketones is 1. The molecule has 1 fully saturated rings. The first kappa shape index (κ1) is 14.3. The van der Waals surface area contributed by atoms with Crippen molar-refractivity contribution in [2.75, 3.05) is 11.4 Å². The standard InChI is InChI=1S/C16H18N2O2/c1-11-5-6-13(10-12(11)2)18-9-3-4-14(16(18)20)15(19)7-8-17/h5-6,10,14H,3-4,7,9H2,1-2H3. The Kier molecular flexibility index (Phi) is 4.19. The molecule has 0 radical (unpaired) electrons. The maximum absolute atomic E-state index is 12.4. The predicted molar refractivity (Wildman–Crippen MR) is 76.2 cm³/mol. The molecule has 0 N–H and O–H groups in total. The van der Waals surface area contributed by atoms with E-state index in [4.69, 9.17) is 5.26 Å². The highest BCUT2D eigenvalue weighted by Gasteiger charge is 2.34. The van der Waals surface area contributed by atoms with Gasteiger partial charge < -0.3 is 4.90 Å². The lowest BCUT2D eigenvalue weighted by molar-refractivity contribution is -0.133. The Labute approximate surface area is 119 Å². The summed E-state index contributed by atoms with van der Waals surface area (Å²) in [7, 11) is 0. The van der Waals surface area contributed by atoms with Crippen LogP contribution < -0.4 is 4.90 Å². The monoisotopic (exact) mass is 270 g/mol. The van der Waals surface area contributed by atoms with Crippen molar-refractivity contribution in [3.8, 4) is 6.07 Å². The number of hydrogen-bond acceptors (Lipinski definition) is 3. The highest BCUT2D eigenvalue weighted by atomic mass is 16.2. The lowest BCUT2D eigenvalue weighted by Gasteiger charge is -2.31. The molecular weight excluding hydrogens is 252 g/mol. The molecule has 1 heterocycles. The van der Waals surface area contributed by atoms with Gasteiger partial charge in [-0.2, -0.15) is 5.26 Å². The van der Waals surface area contributed by atoms with Gasteiger partial charge in [0.1, 0.15) is 0 Å². The summed E-state index contributed by atoms with van der Waals surface area (Å²) in [6, 6.07) is 7.71. The first-order chi connectivity index (χ1) is 9.54. The van der Waals surface area contributed by atoms with Crippen LogP contribution in [-0.2, 0) is 9.59 Å². The van der Waals surface area contributed by atoms with Crippen molar-refractivity contribution in [2.24, 2.45) is 5.92 Å². The van der Waals surface area contributed by atoms with Crippen molar-refractivity contribution >= 4 is 17.4 Å². The van der Waals surface area contributed by atoms with E-state index in [0.717, 1.165) is 17.7 Å². The maximum atomic E-state index is 12.4. The average molecular weight is 270 g/mol. The Morgan fingerprint density at radius 3 is 2.80 bits per heavy atom. The molecule has 0 spiro atoms. The molecule has 0 aliphatic carbocycles. The second kappa shape index (κ2) is 5.87. The summed E-state index contributed by atoms with van der Waals surface area (Å²) in [5.74, 6) is -1.07. The highest BCUT2D eigenvalue weighted by molar-refractivity contribution is 6.09. The van der Waals surface area contributed by atoms with Crippen LogP contribution in [0.1, 0.15) is 30.4 Å². The van der Waals surface area contributed by atoms with E-state index >= 15 is 0 Å². The molecular formula is C16H18N2O2. The number of nitriles is 1. The molecule has 1 saturated heterocycles. The molecule has 1 atom stereocenters. The zero-order valence-corrected chi connectivity index (χ0v) is 11.8. The number of amides is 1. The van der Waals surface area contributed by atoms with E-state index in [2.05, 4.69) is 0 Å². The summed E-state index contributed by atoms with van der Waals surface area (Å²) in [4.78, 5) is 25.9. The van der Waals surface area contributed by atoms with Gasteiger partial charge in [-0.05, 0) is 49.9 Å². The van der Waals surface area contributed by atoms with Gasteiger partial charge in [-0.15, -0.1) is 0 Å². The van der Waals surface area contributed by atoms with Crippen LogP contribution in [0.15, 0.2) is 18.2 Å². The minimum absolute atomic E-state index is 0.167. The van der Waals surface area contributed by atoms with Gasteiger partial charge in [0, 0.05) is 12.2 Å². The van der Waals surface area contributed by atoms with E-state index in [1.54, 1.807) is 4.90 Å². The molecule has 104 valence electrons. The fourth-order valence-corrected chi connectivity index (χ4v) is 2.52. The molecule has 1 unspecified atom stereocenters. The molecule has 1 aliphatic heterocycles. The van der Waals surface area contributed by atoms with Crippen LogP contribution in [0.2, 0.25) is 0 Å². The number of Topliss-reactive ketones (excluding diaryl/α,β-unsaturated/α-hetero) is 1. The van der Waals surface area contributed by atoms with Crippen LogP contribution in [0.25, 0.3) is 0 Å². The number of carbonyl (C=O) groups excluding carboxylic acids is 2. The third-order valence-electron chi connectivity index (χ3n) is 3.88. The van der Waals surface area contributed by atoms with E-state index in [-0.39, 0.29) is 18.1 Å². The Balaban J connectivity index is 2.24. The molecule has 1 aromatic rings. The number of aryl methyl sites for hydroxylation is 2. The number of nitrogens with zero attached hydrogens (tertiary/aromatic N) is 2. The molecule has 1 amide bonds. The quantitative estimate of drug-likeness (QED) is 0.793. The minimum Gasteiger partial charge on any atom is -0.312 e. The number of hydrogen-bond donors (Lipinski definition) is 0. The first-order valence-electron chi connectivity index (χ1n) is 6.83. The van der Waals surface area contributed by atoms with E-state index in [1.165, 1.54) is 5.56 Å². The van der Waals surface area contributed by atoms with Crippen molar-refractivity contribution in [3.05, 3.63) is 29.3 Å². The lowest BCUT2D eigenvalue weighted by atomic mass is 9.91. The fraction of sp³-hybridized carbons (Fsp3) is 0.438. The van der Waals surface area contributed by atoms with Gasteiger partial charge in [-0.1, -0.05) is 6.07 Å². The largest absolute Gasteiger partial charge is 0.312 e. The van der Waals surface area contributed by atoms with Gasteiger partial charge in [-0.25, -0.2) is 0 Å². The number of anilines is 1. The zero-order valence-electron chi connectivity index (χ0n) is 11.8. The van der Waals surface area contributed by atoms with E-state index in [9.17, 15) is 9.59 Å². The van der Waals surface area contributed by atoms with Gasteiger partial charge >= 0.3 is 0 Å². The SMILES string of the molecule is Cc1ccc(N2CCCC(C(=O)CC#N)C2=O)cc1C.